The van der Waals surface area contributed by atoms with Gasteiger partial charge in [0.05, 0.1) is 17.1 Å². The van der Waals surface area contributed by atoms with Crippen molar-refractivity contribution in [3.05, 3.63) is 16.1 Å². The summed E-state index contributed by atoms with van der Waals surface area (Å²) in [6.07, 6.45) is 2.16. The number of aryl methyl sites for hydroxylation is 1. The normalized spacial score (nSPS) is 12.1. The molecule has 1 heterocycles. The highest BCUT2D eigenvalue weighted by atomic mass is 32.1. The van der Waals surface area contributed by atoms with Gasteiger partial charge in [0.1, 0.15) is 6.04 Å². The molecule has 1 aromatic rings. The molecule has 4 N–H and O–H groups in total. The van der Waals surface area contributed by atoms with Crippen LogP contribution in [0.1, 0.15) is 30.5 Å². The number of carbonyl (C=O) groups is 2. The van der Waals surface area contributed by atoms with Gasteiger partial charge in [-0.3, -0.25) is 4.79 Å². The molecule has 0 saturated carbocycles. The van der Waals surface area contributed by atoms with E-state index in [-0.39, 0.29) is 12.3 Å². The van der Waals surface area contributed by atoms with Crippen molar-refractivity contribution in [1.82, 2.24) is 10.3 Å². The molecule has 1 aromatic heterocycles. The molecule has 6 nitrogen and oxygen atoms in total. The van der Waals surface area contributed by atoms with Crippen LogP contribution in [0.5, 0.6) is 0 Å². The third kappa shape index (κ3) is 5.35. The Morgan fingerprint density at radius 1 is 1.58 bits per heavy atom. The number of rotatable bonds is 8. The van der Waals surface area contributed by atoms with E-state index in [0.717, 1.165) is 17.8 Å². The van der Waals surface area contributed by atoms with Crippen LogP contribution in [0.2, 0.25) is 0 Å². The second-order valence-corrected chi connectivity index (χ2v) is 5.11. The maximum absolute atomic E-state index is 11.7. The standard InChI is InChI=1S/C12H19N3O3S/c1-2-9(12(17)18)15-10(16)6-8-7-19-11(14-8)4-3-5-13/h7,9H,2-6,13H2,1H3,(H,15,16)(H,17,18). The summed E-state index contributed by atoms with van der Waals surface area (Å²) >= 11 is 1.50. The van der Waals surface area contributed by atoms with Gasteiger partial charge in [-0.05, 0) is 19.4 Å². The first-order valence-corrected chi connectivity index (χ1v) is 7.10. The lowest BCUT2D eigenvalue weighted by atomic mass is 10.2. The lowest BCUT2D eigenvalue weighted by Crippen LogP contribution is -2.41. The smallest absolute Gasteiger partial charge is 0.326 e. The van der Waals surface area contributed by atoms with E-state index in [1.807, 2.05) is 5.38 Å². The Hall–Kier alpha value is -1.47. The maximum atomic E-state index is 11.7. The molecule has 0 fully saturated rings. The minimum absolute atomic E-state index is 0.114. The van der Waals surface area contributed by atoms with Crippen molar-refractivity contribution in [3.8, 4) is 0 Å². The summed E-state index contributed by atoms with van der Waals surface area (Å²) in [7, 11) is 0. The van der Waals surface area contributed by atoms with Gasteiger partial charge in [-0.25, -0.2) is 9.78 Å². The molecular formula is C12H19N3O3S. The van der Waals surface area contributed by atoms with E-state index in [0.29, 0.717) is 18.7 Å². The van der Waals surface area contributed by atoms with Crippen LogP contribution >= 0.6 is 11.3 Å². The number of aromatic nitrogens is 1. The van der Waals surface area contributed by atoms with E-state index in [9.17, 15) is 9.59 Å². The number of carboxylic acids is 1. The number of carbonyl (C=O) groups excluding carboxylic acids is 1. The lowest BCUT2D eigenvalue weighted by Gasteiger charge is -2.11. The van der Waals surface area contributed by atoms with E-state index < -0.39 is 12.0 Å². The number of nitrogens with one attached hydrogen (secondary N) is 1. The zero-order valence-corrected chi connectivity index (χ0v) is 11.7. The summed E-state index contributed by atoms with van der Waals surface area (Å²) < 4.78 is 0. The molecule has 1 atom stereocenters. The minimum Gasteiger partial charge on any atom is -0.480 e. The van der Waals surface area contributed by atoms with Crippen molar-refractivity contribution >= 4 is 23.2 Å². The van der Waals surface area contributed by atoms with Gasteiger partial charge in [-0.15, -0.1) is 11.3 Å². The number of nitrogens with two attached hydrogens (primary N) is 1. The van der Waals surface area contributed by atoms with E-state index in [4.69, 9.17) is 10.8 Å². The van der Waals surface area contributed by atoms with Crippen LogP contribution in [0, 0.1) is 0 Å². The van der Waals surface area contributed by atoms with E-state index in [1.165, 1.54) is 11.3 Å². The third-order valence-electron chi connectivity index (χ3n) is 2.58. The Kier molecular flexibility index (Phi) is 6.44. The van der Waals surface area contributed by atoms with Crippen molar-refractivity contribution < 1.29 is 14.7 Å². The fraction of sp³-hybridized carbons (Fsp3) is 0.583. The zero-order valence-electron chi connectivity index (χ0n) is 10.9. The number of aliphatic carboxylic acids is 1. The van der Waals surface area contributed by atoms with Crippen molar-refractivity contribution in [1.29, 1.82) is 0 Å². The van der Waals surface area contributed by atoms with Crippen LogP contribution < -0.4 is 11.1 Å². The first-order valence-electron chi connectivity index (χ1n) is 6.22. The van der Waals surface area contributed by atoms with Gasteiger partial charge in [0.2, 0.25) is 5.91 Å². The van der Waals surface area contributed by atoms with Crippen LogP contribution in [0.25, 0.3) is 0 Å². The van der Waals surface area contributed by atoms with Gasteiger partial charge >= 0.3 is 5.97 Å². The minimum atomic E-state index is -1.02. The summed E-state index contributed by atoms with van der Waals surface area (Å²) in [5.74, 6) is -1.33. The molecule has 0 aliphatic heterocycles. The molecule has 19 heavy (non-hydrogen) atoms. The summed E-state index contributed by atoms with van der Waals surface area (Å²) in [6.45, 7) is 2.33. The number of hydrogen-bond donors (Lipinski definition) is 3. The Labute approximate surface area is 116 Å². The van der Waals surface area contributed by atoms with Crippen molar-refractivity contribution in [2.24, 2.45) is 5.73 Å². The number of nitrogens with zero attached hydrogens (tertiary/aromatic N) is 1. The Morgan fingerprint density at radius 2 is 2.32 bits per heavy atom. The van der Waals surface area contributed by atoms with Crippen LogP contribution in [-0.2, 0) is 22.4 Å². The summed E-state index contributed by atoms with van der Waals surface area (Å²) in [4.78, 5) is 26.8. The number of carboxylic acid groups (broad SMARTS) is 1. The van der Waals surface area contributed by atoms with Crippen molar-refractivity contribution in [3.63, 3.8) is 0 Å². The summed E-state index contributed by atoms with van der Waals surface area (Å²) in [6, 6.07) is -0.831. The van der Waals surface area contributed by atoms with Crippen LogP contribution in [0.4, 0.5) is 0 Å². The van der Waals surface area contributed by atoms with Gasteiger partial charge in [0.15, 0.2) is 0 Å². The molecule has 0 saturated heterocycles. The predicted molar refractivity (Wildman–Crippen MR) is 73.1 cm³/mol. The lowest BCUT2D eigenvalue weighted by molar-refractivity contribution is -0.141. The van der Waals surface area contributed by atoms with E-state index in [2.05, 4.69) is 10.3 Å². The first kappa shape index (κ1) is 15.6. The van der Waals surface area contributed by atoms with Crippen LogP contribution in [-0.4, -0.2) is 34.6 Å². The van der Waals surface area contributed by atoms with Gasteiger partial charge < -0.3 is 16.2 Å². The Morgan fingerprint density at radius 3 is 2.89 bits per heavy atom. The summed E-state index contributed by atoms with van der Waals surface area (Å²) in [5, 5.41) is 14.1. The van der Waals surface area contributed by atoms with Gasteiger partial charge in [0.25, 0.3) is 0 Å². The molecule has 0 aliphatic carbocycles. The van der Waals surface area contributed by atoms with Gasteiger partial charge in [-0.1, -0.05) is 6.92 Å². The molecule has 1 rings (SSSR count). The summed E-state index contributed by atoms with van der Waals surface area (Å²) in [5.41, 5.74) is 6.10. The fourth-order valence-electron chi connectivity index (χ4n) is 1.55. The molecule has 7 heteroatoms. The monoisotopic (exact) mass is 285 g/mol. The zero-order chi connectivity index (χ0) is 14.3. The van der Waals surface area contributed by atoms with Crippen molar-refractivity contribution in [2.45, 2.75) is 38.6 Å². The molecule has 1 unspecified atom stereocenters. The molecule has 0 radical (unpaired) electrons. The van der Waals surface area contributed by atoms with Gasteiger partial charge in [-0.2, -0.15) is 0 Å². The Balaban J connectivity index is 2.47. The van der Waals surface area contributed by atoms with Gasteiger partial charge in [0, 0.05) is 11.8 Å². The average molecular weight is 285 g/mol. The maximum Gasteiger partial charge on any atom is 0.326 e. The predicted octanol–water partition coefficient (Wildman–Crippen LogP) is 0.556. The number of amides is 1. The van der Waals surface area contributed by atoms with E-state index in [1.54, 1.807) is 6.92 Å². The molecule has 0 aromatic carbocycles. The molecule has 0 bridgehead atoms. The highest BCUT2D eigenvalue weighted by molar-refractivity contribution is 7.09. The number of hydrogen-bond acceptors (Lipinski definition) is 5. The third-order valence-corrected chi connectivity index (χ3v) is 3.53. The Bertz CT molecular complexity index is 434. The average Bonchev–Trinajstić information content (AvgIpc) is 2.80. The first-order chi connectivity index (χ1) is 9.06. The second kappa shape index (κ2) is 7.85. The molecule has 106 valence electrons. The highest BCUT2D eigenvalue weighted by Crippen LogP contribution is 2.12. The van der Waals surface area contributed by atoms with Crippen molar-refractivity contribution in [2.75, 3.05) is 6.54 Å². The largest absolute Gasteiger partial charge is 0.480 e. The quantitative estimate of drug-likeness (QED) is 0.647. The second-order valence-electron chi connectivity index (χ2n) is 4.17. The fourth-order valence-corrected chi connectivity index (χ4v) is 2.39. The molecular weight excluding hydrogens is 266 g/mol. The van der Waals surface area contributed by atoms with E-state index >= 15 is 0 Å². The number of thiazole rings is 1. The van der Waals surface area contributed by atoms with Crippen LogP contribution in [0.15, 0.2) is 5.38 Å². The molecule has 1 amide bonds. The molecule has 0 spiro atoms. The SMILES string of the molecule is CCC(NC(=O)Cc1csc(CCCN)n1)C(=O)O. The van der Waals surface area contributed by atoms with Crippen LogP contribution in [0.3, 0.4) is 0 Å². The molecule has 0 aliphatic rings. The topological polar surface area (TPSA) is 105 Å². The highest BCUT2D eigenvalue weighted by Gasteiger charge is 2.18.